The maximum atomic E-state index is 12.4. The second-order valence-corrected chi connectivity index (χ2v) is 7.38. The molecule has 1 atom stereocenters. The number of hydrogen-bond acceptors (Lipinski definition) is 6. The van der Waals surface area contributed by atoms with Crippen molar-refractivity contribution in [3.8, 4) is 17.6 Å². The molecule has 8 nitrogen and oxygen atoms in total. The van der Waals surface area contributed by atoms with Gasteiger partial charge in [-0.1, -0.05) is 12.1 Å². The van der Waals surface area contributed by atoms with Gasteiger partial charge in [-0.3, -0.25) is 9.59 Å². The van der Waals surface area contributed by atoms with Crippen molar-refractivity contribution in [2.75, 3.05) is 31.7 Å². The zero-order chi connectivity index (χ0) is 23.5. The van der Waals surface area contributed by atoms with Crippen LogP contribution >= 0.6 is 0 Å². The molecule has 33 heavy (non-hydrogen) atoms. The molecule has 2 aromatic carbocycles. The van der Waals surface area contributed by atoms with E-state index in [1.807, 2.05) is 13.0 Å². The highest BCUT2D eigenvalue weighted by molar-refractivity contribution is 6.09. The van der Waals surface area contributed by atoms with Crippen molar-refractivity contribution >= 4 is 23.6 Å². The summed E-state index contributed by atoms with van der Waals surface area (Å²) in [5.41, 5.74) is 1.18. The smallest absolute Gasteiger partial charge is 0.266 e. The fraction of sp³-hybridized carbons (Fsp3) is 0.320. The summed E-state index contributed by atoms with van der Waals surface area (Å²) in [4.78, 5) is 24.4. The molecule has 0 aromatic heterocycles. The van der Waals surface area contributed by atoms with Gasteiger partial charge in [0.1, 0.15) is 23.1 Å². The van der Waals surface area contributed by atoms with E-state index >= 15 is 0 Å². The van der Waals surface area contributed by atoms with Gasteiger partial charge in [0.2, 0.25) is 0 Å². The van der Waals surface area contributed by atoms with Gasteiger partial charge < -0.3 is 24.8 Å². The van der Waals surface area contributed by atoms with Crippen LogP contribution in [0.2, 0.25) is 0 Å². The number of nitrogens with one attached hydrogen (secondary N) is 2. The molecule has 2 aromatic rings. The Morgan fingerprint density at radius 1 is 1.12 bits per heavy atom. The minimum Gasteiger partial charge on any atom is -0.494 e. The predicted molar refractivity (Wildman–Crippen MR) is 124 cm³/mol. The van der Waals surface area contributed by atoms with Crippen LogP contribution in [0.1, 0.15) is 25.3 Å². The van der Waals surface area contributed by atoms with Gasteiger partial charge in [-0.2, -0.15) is 5.26 Å². The lowest BCUT2D eigenvalue weighted by molar-refractivity contribution is -0.123. The van der Waals surface area contributed by atoms with Crippen molar-refractivity contribution in [2.45, 2.75) is 25.9 Å². The number of nitrogens with zero attached hydrogens (tertiary/aromatic N) is 1. The molecule has 1 heterocycles. The van der Waals surface area contributed by atoms with Crippen LogP contribution in [0.25, 0.3) is 6.08 Å². The molecule has 8 heteroatoms. The summed E-state index contributed by atoms with van der Waals surface area (Å²) in [6, 6.07) is 15.6. The maximum absolute atomic E-state index is 12.4. The van der Waals surface area contributed by atoms with Crippen LogP contribution in [-0.2, 0) is 14.3 Å². The molecule has 0 bridgehead atoms. The van der Waals surface area contributed by atoms with Crippen molar-refractivity contribution < 1.29 is 23.8 Å². The van der Waals surface area contributed by atoms with E-state index in [9.17, 15) is 14.9 Å². The first-order valence-electron chi connectivity index (χ1n) is 10.8. The molecule has 2 amide bonds. The SMILES string of the molecule is CCOc1ccc(NC(=O)/C(C#N)=C/c2ccc(OCC(=O)NCC3CCCO3)cc2)cc1. The number of amides is 2. The van der Waals surface area contributed by atoms with Crippen LogP contribution in [0.4, 0.5) is 5.69 Å². The Morgan fingerprint density at radius 3 is 2.45 bits per heavy atom. The van der Waals surface area contributed by atoms with Crippen LogP contribution in [0.5, 0.6) is 11.5 Å². The van der Waals surface area contributed by atoms with E-state index in [1.54, 1.807) is 48.5 Å². The molecule has 1 aliphatic rings. The van der Waals surface area contributed by atoms with E-state index < -0.39 is 5.91 Å². The monoisotopic (exact) mass is 449 g/mol. The van der Waals surface area contributed by atoms with Crippen molar-refractivity contribution in [3.05, 3.63) is 59.7 Å². The first-order valence-corrected chi connectivity index (χ1v) is 10.8. The first kappa shape index (κ1) is 23.8. The summed E-state index contributed by atoms with van der Waals surface area (Å²) in [6.07, 6.45) is 3.55. The summed E-state index contributed by atoms with van der Waals surface area (Å²) in [5, 5.41) is 14.9. The van der Waals surface area contributed by atoms with Crippen molar-refractivity contribution in [2.24, 2.45) is 0 Å². The molecule has 0 spiro atoms. The molecule has 172 valence electrons. The molecule has 2 N–H and O–H groups in total. The Morgan fingerprint density at radius 2 is 1.82 bits per heavy atom. The maximum Gasteiger partial charge on any atom is 0.266 e. The Bertz CT molecular complexity index is 1000. The van der Waals surface area contributed by atoms with E-state index in [-0.39, 0.29) is 24.2 Å². The van der Waals surface area contributed by atoms with E-state index in [1.165, 1.54) is 6.08 Å². The highest BCUT2D eigenvalue weighted by atomic mass is 16.5. The normalized spacial score (nSPS) is 15.4. The van der Waals surface area contributed by atoms with Crippen LogP contribution < -0.4 is 20.1 Å². The number of anilines is 1. The zero-order valence-electron chi connectivity index (χ0n) is 18.5. The topological polar surface area (TPSA) is 110 Å². The number of carbonyl (C=O) groups is 2. The van der Waals surface area contributed by atoms with Gasteiger partial charge in [-0.25, -0.2) is 0 Å². The molecule has 1 aliphatic heterocycles. The molecule has 1 saturated heterocycles. The van der Waals surface area contributed by atoms with E-state index in [4.69, 9.17) is 14.2 Å². The lowest BCUT2D eigenvalue weighted by Gasteiger charge is -2.11. The quantitative estimate of drug-likeness (QED) is 0.425. The van der Waals surface area contributed by atoms with Gasteiger partial charge in [0.05, 0.1) is 12.7 Å². The van der Waals surface area contributed by atoms with Gasteiger partial charge in [-0.05, 0) is 67.8 Å². The predicted octanol–water partition coefficient (Wildman–Crippen LogP) is 3.30. The molecule has 1 unspecified atom stereocenters. The van der Waals surface area contributed by atoms with E-state index in [0.29, 0.717) is 35.9 Å². The standard InChI is InChI=1S/C25H27N3O5/c1-2-31-21-11-7-20(8-12-21)28-25(30)19(15-26)14-18-5-9-22(10-6-18)33-17-24(29)27-16-23-4-3-13-32-23/h5-12,14,23H,2-4,13,16-17H2,1H3,(H,27,29)(H,28,30)/b19-14+. The van der Waals surface area contributed by atoms with Crippen LogP contribution in [-0.4, -0.2) is 44.3 Å². The summed E-state index contributed by atoms with van der Waals surface area (Å²) in [7, 11) is 0. The molecular formula is C25H27N3O5. The average molecular weight is 450 g/mol. The lowest BCUT2D eigenvalue weighted by atomic mass is 10.1. The second-order valence-electron chi connectivity index (χ2n) is 7.38. The van der Waals surface area contributed by atoms with Crippen molar-refractivity contribution in [1.82, 2.24) is 5.32 Å². The third kappa shape index (κ3) is 7.66. The Hall–Kier alpha value is -3.83. The summed E-state index contributed by atoms with van der Waals surface area (Å²) >= 11 is 0. The highest BCUT2D eigenvalue weighted by Crippen LogP contribution is 2.18. The lowest BCUT2D eigenvalue weighted by Crippen LogP contribution is -2.35. The van der Waals surface area contributed by atoms with E-state index in [2.05, 4.69) is 10.6 Å². The molecule has 1 fully saturated rings. The van der Waals surface area contributed by atoms with Crippen molar-refractivity contribution in [1.29, 1.82) is 5.26 Å². The Labute approximate surface area is 193 Å². The Balaban J connectivity index is 1.50. The number of benzene rings is 2. The molecular weight excluding hydrogens is 422 g/mol. The fourth-order valence-corrected chi connectivity index (χ4v) is 3.21. The molecule has 3 rings (SSSR count). The van der Waals surface area contributed by atoms with Crippen LogP contribution in [0, 0.1) is 11.3 Å². The molecule has 0 radical (unpaired) electrons. The number of nitriles is 1. The molecule has 0 aliphatic carbocycles. The van der Waals surface area contributed by atoms with Gasteiger partial charge in [0, 0.05) is 18.8 Å². The third-order valence-corrected chi connectivity index (χ3v) is 4.90. The number of ether oxygens (including phenoxy) is 3. The summed E-state index contributed by atoms with van der Waals surface area (Å²) in [5.74, 6) is 0.489. The summed E-state index contributed by atoms with van der Waals surface area (Å²) in [6.45, 7) is 3.58. The minimum absolute atomic E-state index is 0.0361. The van der Waals surface area contributed by atoms with Gasteiger partial charge in [-0.15, -0.1) is 0 Å². The van der Waals surface area contributed by atoms with Crippen LogP contribution in [0.3, 0.4) is 0 Å². The minimum atomic E-state index is -0.509. The number of hydrogen-bond donors (Lipinski definition) is 2. The van der Waals surface area contributed by atoms with Gasteiger partial charge in [0.25, 0.3) is 11.8 Å². The zero-order valence-corrected chi connectivity index (χ0v) is 18.5. The van der Waals surface area contributed by atoms with Crippen molar-refractivity contribution in [3.63, 3.8) is 0 Å². The average Bonchev–Trinajstić information content (AvgIpc) is 3.36. The summed E-state index contributed by atoms with van der Waals surface area (Å²) < 4.78 is 16.3. The number of rotatable bonds is 10. The number of carbonyl (C=O) groups excluding carboxylic acids is 2. The molecule has 0 saturated carbocycles. The largest absolute Gasteiger partial charge is 0.494 e. The highest BCUT2D eigenvalue weighted by Gasteiger charge is 2.16. The Kier molecular flexibility index (Phi) is 8.86. The van der Waals surface area contributed by atoms with E-state index in [0.717, 1.165) is 19.4 Å². The second kappa shape index (κ2) is 12.3. The first-order chi connectivity index (χ1) is 16.1. The van der Waals surface area contributed by atoms with Crippen LogP contribution in [0.15, 0.2) is 54.1 Å². The van der Waals surface area contributed by atoms with Gasteiger partial charge in [0.15, 0.2) is 6.61 Å². The fourth-order valence-electron chi connectivity index (χ4n) is 3.21. The van der Waals surface area contributed by atoms with Gasteiger partial charge >= 0.3 is 0 Å². The third-order valence-electron chi connectivity index (χ3n) is 4.90.